The zero-order chi connectivity index (χ0) is 15.6. The number of carbonyl (C=O) groups excluding carboxylic acids is 1. The summed E-state index contributed by atoms with van der Waals surface area (Å²) in [5.74, 6) is -0.0238. The molecule has 1 aromatic carbocycles. The number of carbonyl (C=O) groups is 1. The molecule has 1 amide bonds. The second kappa shape index (κ2) is 6.10. The summed E-state index contributed by atoms with van der Waals surface area (Å²) >= 11 is 3.13. The van der Waals surface area contributed by atoms with Gasteiger partial charge in [0.15, 0.2) is 0 Å². The van der Waals surface area contributed by atoms with Crippen LogP contribution in [0, 0.1) is 0 Å². The van der Waals surface area contributed by atoms with Crippen LogP contribution in [0.1, 0.15) is 32.6 Å². The molecule has 0 fully saturated rings. The number of hydrogen-bond donors (Lipinski definition) is 0. The second-order valence-corrected chi connectivity index (χ2v) is 7.20. The van der Waals surface area contributed by atoms with E-state index < -0.39 is 0 Å². The van der Waals surface area contributed by atoms with Gasteiger partial charge in [-0.1, -0.05) is 42.5 Å². The van der Waals surface area contributed by atoms with Gasteiger partial charge in [0.1, 0.15) is 0 Å². The minimum atomic E-state index is -0.0238. The first-order valence-electron chi connectivity index (χ1n) is 7.36. The third-order valence-electron chi connectivity index (χ3n) is 3.83. The molecule has 3 heterocycles. The van der Waals surface area contributed by atoms with Crippen molar-refractivity contribution in [3.05, 3.63) is 80.7 Å². The Morgan fingerprint density at radius 1 is 1.00 bits per heavy atom. The highest BCUT2D eigenvalue weighted by Crippen LogP contribution is 2.36. The molecular weight excluding hydrogens is 324 g/mol. The lowest BCUT2D eigenvalue weighted by Crippen LogP contribution is -2.25. The number of thiophene rings is 2. The van der Waals surface area contributed by atoms with Crippen molar-refractivity contribution in [1.82, 2.24) is 5.01 Å². The van der Waals surface area contributed by atoms with Crippen LogP contribution < -0.4 is 0 Å². The van der Waals surface area contributed by atoms with Crippen LogP contribution in [0.3, 0.4) is 0 Å². The number of benzene rings is 1. The minimum absolute atomic E-state index is 0.0141. The molecule has 0 saturated heterocycles. The van der Waals surface area contributed by atoms with Crippen molar-refractivity contribution in [2.45, 2.75) is 12.5 Å². The van der Waals surface area contributed by atoms with Crippen molar-refractivity contribution >= 4 is 34.3 Å². The van der Waals surface area contributed by atoms with Gasteiger partial charge in [-0.15, -0.1) is 22.7 Å². The van der Waals surface area contributed by atoms with Crippen molar-refractivity contribution < 1.29 is 4.79 Å². The molecular formula is C18H14N2OS2. The van der Waals surface area contributed by atoms with Gasteiger partial charge in [-0.25, -0.2) is 5.01 Å². The van der Waals surface area contributed by atoms with E-state index in [2.05, 4.69) is 11.2 Å². The Kier molecular flexibility index (Phi) is 3.81. The van der Waals surface area contributed by atoms with Gasteiger partial charge >= 0.3 is 0 Å². The number of rotatable bonds is 3. The summed E-state index contributed by atoms with van der Waals surface area (Å²) in [6, 6.07) is 17.9. The lowest BCUT2D eigenvalue weighted by Gasteiger charge is -2.19. The summed E-state index contributed by atoms with van der Waals surface area (Å²) < 4.78 is 0. The maximum absolute atomic E-state index is 12.8. The van der Waals surface area contributed by atoms with Crippen LogP contribution in [0.15, 0.2) is 70.5 Å². The van der Waals surface area contributed by atoms with Gasteiger partial charge in [-0.3, -0.25) is 4.79 Å². The lowest BCUT2D eigenvalue weighted by atomic mass is 10.0. The van der Waals surface area contributed by atoms with Crippen molar-refractivity contribution in [3.63, 3.8) is 0 Å². The highest BCUT2D eigenvalue weighted by atomic mass is 32.1. The lowest BCUT2D eigenvalue weighted by molar-refractivity contribution is 0.0719. The van der Waals surface area contributed by atoms with Gasteiger partial charge in [0.05, 0.1) is 16.6 Å². The molecule has 114 valence electrons. The Bertz CT molecular complexity index is 823. The largest absolute Gasteiger partial charge is 0.284 e. The van der Waals surface area contributed by atoms with Gasteiger partial charge in [-0.05, 0) is 28.5 Å². The van der Waals surface area contributed by atoms with Crippen LogP contribution in [0.2, 0.25) is 0 Å². The summed E-state index contributed by atoms with van der Waals surface area (Å²) in [7, 11) is 0. The van der Waals surface area contributed by atoms with E-state index >= 15 is 0 Å². The van der Waals surface area contributed by atoms with Gasteiger partial charge in [0.2, 0.25) is 0 Å². The molecule has 1 atom stereocenters. The summed E-state index contributed by atoms with van der Waals surface area (Å²) in [4.78, 5) is 14.7. The van der Waals surface area contributed by atoms with Crippen LogP contribution in [-0.4, -0.2) is 16.6 Å². The molecule has 4 rings (SSSR count). The fraction of sp³-hybridized carbons (Fsp3) is 0.111. The topological polar surface area (TPSA) is 32.7 Å². The van der Waals surface area contributed by atoms with E-state index in [9.17, 15) is 4.79 Å². The molecule has 0 spiro atoms. The van der Waals surface area contributed by atoms with E-state index in [0.29, 0.717) is 0 Å². The average molecular weight is 338 g/mol. The molecule has 2 aromatic heterocycles. The van der Waals surface area contributed by atoms with Crippen LogP contribution >= 0.6 is 22.7 Å². The third-order valence-corrected chi connectivity index (χ3v) is 5.66. The maximum atomic E-state index is 12.8. The molecule has 0 N–H and O–H groups in total. The smallest absolute Gasteiger partial charge is 0.266 e. The normalized spacial score (nSPS) is 17.3. The SMILES string of the molecule is O=C(c1cccs1)N1N=C(c2ccccc2)CC1c1cccs1. The number of hydrogen-bond acceptors (Lipinski definition) is 4. The zero-order valence-electron chi connectivity index (χ0n) is 12.3. The van der Waals surface area contributed by atoms with Crippen LogP contribution in [0.4, 0.5) is 0 Å². The van der Waals surface area contributed by atoms with Crippen LogP contribution in [-0.2, 0) is 0 Å². The van der Waals surface area contributed by atoms with E-state index in [1.165, 1.54) is 16.2 Å². The van der Waals surface area contributed by atoms with E-state index in [-0.39, 0.29) is 11.9 Å². The summed E-state index contributed by atoms with van der Waals surface area (Å²) in [6.45, 7) is 0. The number of amides is 1. The Hall–Kier alpha value is -2.24. The average Bonchev–Trinajstić information content (AvgIpc) is 3.35. The third kappa shape index (κ3) is 2.73. The van der Waals surface area contributed by atoms with Gasteiger partial charge in [0, 0.05) is 11.3 Å². The van der Waals surface area contributed by atoms with Crippen LogP contribution in [0.5, 0.6) is 0 Å². The van der Waals surface area contributed by atoms with Gasteiger partial charge in [0.25, 0.3) is 5.91 Å². The van der Waals surface area contributed by atoms with Crippen molar-refractivity contribution in [2.24, 2.45) is 5.10 Å². The van der Waals surface area contributed by atoms with Crippen LogP contribution in [0.25, 0.3) is 0 Å². The quantitative estimate of drug-likeness (QED) is 0.675. The Morgan fingerprint density at radius 3 is 2.48 bits per heavy atom. The summed E-state index contributed by atoms with van der Waals surface area (Å²) in [5, 5.41) is 10.3. The number of hydrazone groups is 1. The highest BCUT2D eigenvalue weighted by Gasteiger charge is 2.34. The molecule has 3 aromatic rings. The van der Waals surface area contributed by atoms with E-state index in [1.807, 2.05) is 59.3 Å². The zero-order valence-corrected chi connectivity index (χ0v) is 13.9. The Labute approximate surface area is 142 Å². The molecule has 1 unspecified atom stereocenters. The molecule has 1 aliphatic heterocycles. The fourth-order valence-electron chi connectivity index (χ4n) is 2.72. The van der Waals surface area contributed by atoms with E-state index in [0.717, 1.165) is 22.6 Å². The maximum Gasteiger partial charge on any atom is 0.284 e. The van der Waals surface area contributed by atoms with Crippen molar-refractivity contribution in [3.8, 4) is 0 Å². The number of nitrogens with zero attached hydrogens (tertiary/aromatic N) is 2. The van der Waals surface area contributed by atoms with Crippen molar-refractivity contribution in [1.29, 1.82) is 0 Å². The fourth-order valence-corrected chi connectivity index (χ4v) is 4.19. The monoisotopic (exact) mass is 338 g/mol. The van der Waals surface area contributed by atoms with Gasteiger partial charge < -0.3 is 0 Å². The predicted octanol–water partition coefficient (Wildman–Crippen LogP) is 4.80. The first-order valence-corrected chi connectivity index (χ1v) is 9.12. The molecule has 23 heavy (non-hydrogen) atoms. The van der Waals surface area contributed by atoms with Crippen molar-refractivity contribution in [2.75, 3.05) is 0 Å². The standard InChI is InChI=1S/C18H14N2OS2/c21-18(17-9-5-11-23-17)20-15(16-8-4-10-22-16)12-14(19-20)13-6-2-1-3-7-13/h1-11,15H,12H2. The first-order chi connectivity index (χ1) is 11.3. The molecule has 0 aliphatic carbocycles. The molecule has 3 nitrogen and oxygen atoms in total. The predicted molar refractivity (Wildman–Crippen MR) is 95.1 cm³/mol. The van der Waals surface area contributed by atoms with E-state index in [1.54, 1.807) is 16.3 Å². The Balaban J connectivity index is 1.72. The molecule has 1 aliphatic rings. The second-order valence-electron chi connectivity index (χ2n) is 5.28. The minimum Gasteiger partial charge on any atom is -0.266 e. The first kappa shape index (κ1) is 14.4. The highest BCUT2D eigenvalue weighted by molar-refractivity contribution is 7.12. The molecule has 0 radical (unpaired) electrons. The summed E-state index contributed by atoms with van der Waals surface area (Å²) in [6.07, 6.45) is 0.752. The molecule has 0 saturated carbocycles. The van der Waals surface area contributed by atoms with E-state index in [4.69, 9.17) is 0 Å². The Morgan fingerprint density at radius 2 is 1.78 bits per heavy atom. The molecule has 5 heteroatoms. The molecule has 0 bridgehead atoms. The summed E-state index contributed by atoms with van der Waals surface area (Å²) in [5.41, 5.74) is 2.05. The van der Waals surface area contributed by atoms with Gasteiger partial charge in [-0.2, -0.15) is 5.10 Å².